The Morgan fingerprint density at radius 2 is 1.97 bits per heavy atom. The van der Waals surface area contributed by atoms with E-state index in [0.29, 0.717) is 17.1 Å². The molecular formula is C22H25N5O2. The van der Waals surface area contributed by atoms with Crippen LogP contribution in [0.5, 0.6) is 0 Å². The Balaban J connectivity index is 1.89. The van der Waals surface area contributed by atoms with Crippen molar-refractivity contribution in [2.45, 2.75) is 32.9 Å². The number of benzene rings is 1. The predicted molar refractivity (Wildman–Crippen MR) is 113 cm³/mol. The van der Waals surface area contributed by atoms with Gasteiger partial charge in [-0.25, -0.2) is 4.98 Å². The minimum Gasteiger partial charge on any atom is -0.368 e. The van der Waals surface area contributed by atoms with Gasteiger partial charge in [0, 0.05) is 43.5 Å². The summed E-state index contributed by atoms with van der Waals surface area (Å²) in [6.07, 6.45) is 0.761. The Morgan fingerprint density at radius 3 is 2.59 bits per heavy atom. The summed E-state index contributed by atoms with van der Waals surface area (Å²) in [4.78, 5) is 6.25. The third-order valence-electron chi connectivity index (χ3n) is 4.66. The van der Waals surface area contributed by atoms with Gasteiger partial charge >= 0.3 is 0 Å². The fraction of sp³-hybridized carbons (Fsp3) is 0.318. The summed E-state index contributed by atoms with van der Waals surface area (Å²) in [7, 11) is 3.71. The molecule has 3 aromatic rings. The van der Waals surface area contributed by atoms with Crippen LogP contribution in [-0.2, 0) is 0 Å². The van der Waals surface area contributed by atoms with Gasteiger partial charge in [0.15, 0.2) is 6.23 Å². The molecule has 7 nitrogen and oxygen atoms in total. The number of hydrogen-bond acceptors (Lipinski definition) is 7. The highest BCUT2D eigenvalue weighted by atomic mass is 16.5. The molecule has 29 heavy (non-hydrogen) atoms. The molecule has 0 saturated heterocycles. The number of aliphatic hydroxyl groups excluding tert-OH is 1. The van der Waals surface area contributed by atoms with Crippen LogP contribution in [0.3, 0.4) is 0 Å². The van der Waals surface area contributed by atoms with E-state index < -0.39 is 6.23 Å². The molecule has 1 atom stereocenters. The molecule has 2 aromatic heterocycles. The van der Waals surface area contributed by atoms with Crippen molar-refractivity contribution in [3.63, 3.8) is 0 Å². The summed E-state index contributed by atoms with van der Waals surface area (Å²) in [5, 5.41) is 26.9. The van der Waals surface area contributed by atoms with Gasteiger partial charge < -0.3 is 19.8 Å². The summed E-state index contributed by atoms with van der Waals surface area (Å²) < 4.78 is 5.26. The lowest BCUT2D eigenvalue weighted by Gasteiger charge is -2.16. The highest BCUT2D eigenvalue weighted by Gasteiger charge is 2.16. The van der Waals surface area contributed by atoms with Gasteiger partial charge in [0.2, 0.25) is 0 Å². The first-order valence-electron chi connectivity index (χ1n) is 9.39. The maximum Gasteiger partial charge on any atom is 0.171 e. The number of pyridine rings is 1. The molecule has 1 aromatic carbocycles. The van der Waals surface area contributed by atoms with Crippen LogP contribution in [0.4, 0.5) is 11.5 Å². The molecule has 2 N–H and O–H groups in total. The van der Waals surface area contributed by atoms with E-state index in [1.54, 1.807) is 12.3 Å². The van der Waals surface area contributed by atoms with E-state index in [2.05, 4.69) is 21.5 Å². The summed E-state index contributed by atoms with van der Waals surface area (Å²) in [5.74, 6) is 1.55. The van der Waals surface area contributed by atoms with E-state index in [0.717, 1.165) is 28.1 Å². The lowest BCUT2D eigenvalue weighted by atomic mass is 10.00. The smallest absolute Gasteiger partial charge is 0.171 e. The van der Waals surface area contributed by atoms with E-state index in [-0.39, 0.29) is 5.92 Å². The minimum atomic E-state index is -0.995. The summed E-state index contributed by atoms with van der Waals surface area (Å²) in [5.41, 5.74) is 4.47. The van der Waals surface area contributed by atoms with E-state index in [9.17, 15) is 10.4 Å². The Kier molecular flexibility index (Phi) is 5.85. The average Bonchev–Trinajstić information content (AvgIpc) is 3.19. The van der Waals surface area contributed by atoms with E-state index >= 15 is 0 Å². The first-order chi connectivity index (χ1) is 13.8. The molecule has 0 radical (unpaired) electrons. The van der Waals surface area contributed by atoms with Crippen molar-refractivity contribution in [1.82, 2.24) is 10.1 Å². The lowest BCUT2D eigenvalue weighted by Crippen LogP contribution is -2.12. The Bertz CT molecular complexity index is 1050. The van der Waals surface area contributed by atoms with Crippen LogP contribution >= 0.6 is 0 Å². The van der Waals surface area contributed by atoms with Crippen LogP contribution in [0, 0.1) is 18.3 Å². The molecule has 0 spiro atoms. The molecule has 2 heterocycles. The molecule has 0 aliphatic rings. The van der Waals surface area contributed by atoms with E-state index in [1.807, 2.05) is 64.0 Å². The van der Waals surface area contributed by atoms with Crippen LogP contribution in [-0.4, -0.2) is 29.3 Å². The number of nitriles is 1. The maximum atomic E-state index is 10.5. The Morgan fingerprint density at radius 1 is 1.21 bits per heavy atom. The van der Waals surface area contributed by atoms with Crippen molar-refractivity contribution in [3.8, 4) is 17.2 Å². The molecule has 0 amide bonds. The van der Waals surface area contributed by atoms with Crippen LogP contribution in [0.25, 0.3) is 11.1 Å². The number of hydrogen-bond donors (Lipinski definition) is 2. The van der Waals surface area contributed by atoms with Crippen molar-refractivity contribution in [2.24, 2.45) is 0 Å². The van der Waals surface area contributed by atoms with Crippen LogP contribution in [0.2, 0.25) is 0 Å². The van der Waals surface area contributed by atoms with Crippen LogP contribution in [0.1, 0.15) is 48.6 Å². The Hall–Kier alpha value is -3.37. The topological polar surface area (TPSA) is 98.2 Å². The van der Waals surface area contributed by atoms with E-state index in [4.69, 9.17) is 4.52 Å². The fourth-order valence-electron chi connectivity index (χ4n) is 3.00. The standard InChI is InChI=1S/C22H25N5O2/c1-13(2)20-10-19(26-29-20)22(28)25-17-7-6-14(3)18(9-17)16-8-15(11-23)21(24-12-16)27(4)5/h6-10,12-13,22,25,28H,1-5H3. The molecule has 0 aliphatic heterocycles. The van der Waals surface area contributed by atoms with Gasteiger partial charge in [0.05, 0.1) is 5.56 Å². The zero-order valence-corrected chi connectivity index (χ0v) is 17.3. The molecule has 3 rings (SSSR count). The number of aromatic nitrogens is 2. The van der Waals surface area contributed by atoms with Crippen molar-refractivity contribution in [1.29, 1.82) is 5.26 Å². The molecule has 150 valence electrons. The monoisotopic (exact) mass is 391 g/mol. The normalized spacial score (nSPS) is 11.9. The molecule has 0 saturated carbocycles. The molecular weight excluding hydrogens is 366 g/mol. The first kappa shape index (κ1) is 20.4. The highest BCUT2D eigenvalue weighted by molar-refractivity contribution is 5.74. The number of aliphatic hydroxyl groups is 1. The quantitative estimate of drug-likeness (QED) is 0.607. The third-order valence-corrected chi connectivity index (χ3v) is 4.66. The second-order valence-corrected chi connectivity index (χ2v) is 7.49. The van der Waals surface area contributed by atoms with Crippen LogP contribution in [0.15, 0.2) is 41.1 Å². The van der Waals surface area contributed by atoms with Crippen molar-refractivity contribution in [2.75, 3.05) is 24.3 Å². The zero-order chi connectivity index (χ0) is 21.1. The van der Waals surface area contributed by atoms with Gasteiger partial charge in [0.1, 0.15) is 23.3 Å². The number of nitrogens with one attached hydrogen (secondary N) is 1. The summed E-state index contributed by atoms with van der Waals surface area (Å²) in [6, 6.07) is 11.6. The first-order valence-corrected chi connectivity index (χ1v) is 9.39. The molecule has 1 unspecified atom stereocenters. The summed E-state index contributed by atoms with van der Waals surface area (Å²) in [6.45, 7) is 6.00. The summed E-state index contributed by atoms with van der Waals surface area (Å²) >= 11 is 0. The maximum absolute atomic E-state index is 10.5. The minimum absolute atomic E-state index is 0.196. The third kappa shape index (κ3) is 4.39. The molecule has 0 fully saturated rings. The van der Waals surface area contributed by atoms with E-state index in [1.165, 1.54) is 0 Å². The lowest BCUT2D eigenvalue weighted by molar-refractivity contribution is 0.196. The number of anilines is 2. The van der Waals surface area contributed by atoms with Gasteiger partial charge in [0.25, 0.3) is 0 Å². The van der Waals surface area contributed by atoms with Gasteiger partial charge in [-0.3, -0.25) is 0 Å². The number of rotatable bonds is 6. The largest absolute Gasteiger partial charge is 0.368 e. The highest BCUT2D eigenvalue weighted by Crippen LogP contribution is 2.30. The zero-order valence-electron chi connectivity index (χ0n) is 17.3. The Labute approximate surface area is 170 Å². The van der Waals surface area contributed by atoms with Gasteiger partial charge in [-0.15, -0.1) is 0 Å². The number of nitrogens with zero attached hydrogens (tertiary/aromatic N) is 4. The number of aryl methyl sites for hydroxylation is 1. The van der Waals surface area contributed by atoms with Gasteiger partial charge in [-0.05, 0) is 36.2 Å². The van der Waals surface area contributed by atoms with Crippen LogP contribution < -0.4 is 10.2 Å². The SMILES string of the molecule is Cc1ccc(NC(O)c2cc(C(C)C)on2)cc1-c1cnc(N(C)C)c(C#N)c1. The van der Waals surface area contributed by atoms with Gasteiger partial charge in [-0.2, -0.15) is 5.26 Å². The second-order valence-electron chi connectivity index (χ2n) is 7.49. The second kappa shape index (κ2) is 8.33. The molecule has 0 aliphatic carbocycles. The molecule has 7 heteroatoms. The van der Waals surface area contributed by atoms with Crippen molar-refractivity contribution < 1.29 is 9.63 Å². The fourth-order valence-corrected chi connectivity index (χ4v) is 3.00. The average molecular weight is 391 g/mol. The predicted octanol–water partition coefficient (Wildman–Crippen LogP) is 4.21. The molecule has 0 bridgehead atoms. The van der Waals surface area contributed by atoms with Crippen molar-refractivity contribution >= 4 is 11.5 Å². The van der Waals surface area contributed by atoms with Crippen molar-refractivity contribution in [3.05, 3.63) is 59.1 Å². The van der Waals surface area contributed by atoms with Gasteiger partial charge in [-0.1, -0.05) is 25.1 Å².